The zero-order chi connectivity index (χ0) is 20.0. The first-order valence-electron chi connectivity index (χ1n) is 9.29. The summed E-state index contributed by atoms with van der Waals surface area (Å²) in [6.45, 7) is 1.80. The monoisotopic (exact) mass is 432 g/mol. The molecule has 1 aliphatic rings. The van der Waals surface area contributed by atoms with Crippen molar-refractivity contribution in [1.82, 2.24) is 20.1 Å². The lowest BCUT2D eigenvalue weighted by Crippen LogP contribution is -2.19. The van der Waals surface area contributed by atoms with Crippen LogP contribution in [0.2, 0.25) is 0 Å². The molecule has 30 heavy (non-hydrogen) atoms. The van der Waals surface area contributed by atoms with Gasteiger partial charge in [0.1, 0.15) is 22.7 Å². The highest BCUT2D eigenvalue weighted by atomic mass is 35.5. The van der Waals surface area contributed by atoms with E-state index in [2.05, 4.69) is 34.7 Å². The number of halogens is 1. The van der Waals surface area contributed by atoms with Crippen LogP contribution in [0.3, 0.4) is 0 Å². The first-order valence-corrected chi connectivity index (χ1v) is 10.1. The Morgan fingerprint density at radius 3 is 2.50 bits per heavy atom. The summed E-state index contributed by atoms with van der Waals surface area (Å²) in [6, 6.07) is 12.3. The molecule has 2 aromatic heterocycles. The summed E-state index contributed by atoms with van der Waals surface area (Å²) in [5.74, 6) is 0. The van der Waals surface area contributed by atoms with E-state index in [0.29, 0.717) is 16.6 Å². The molecule has 1 aliphatic heterocycles. The molecule has 0 fully saturated rings. The second-order valence-corrected chi connectivity index (χ2v) is 8.09. The van der Waals surface area contributed by atoms with Crippen molar-refractivity contribution < 1.29 is 0 Å². The van der Waals surface area contributed by atoms with E-state index < -0.39 is 0 Å². The number of fused-ring (bicyclic) bond motifs is 2. The largest absolute Gasteiger partial charge is 0.313 e. The molecule has 0 radical (unpaired) electrons. The zero-order valence-corrected chi connectivity index (χ0v) is 17.8. The summed E-state index contributed by atoms with van der Waals surface area (Å²) in [4.78, 5) is 4.76. The Morgan fingerprint density at radius 2 is 1.80 bits per heavy atom. The number of nitrogens with one attached hydrogen (secondary N) is 1. The molecule has 148 valence electrons. The minimum absolute atomic E-state index is 0. The summed E-state index contributed by atoms with van der Waals surface area (Å²) >= 11 is 1.62. The maximum Gasteiger partial charge on any atom is 0.120 e. The molecular weight excluding hydrogens is 416 g/mol. The van der Waals surface area contributed by atoms with Crippen LogP contribution >= 0.6 is 23.7 Å². The van der Waals surface area contributed by atoms with E-state index in [0.717, 1.165) is 51.2 Å². The van der Waals surface area contributed by atoms with Crippen LogP contribution in [0.4, 0.5) is 0 Å². The van der Waals surface area contributed by atoms with Crippen molar-refractivity contribution in [2.24, 2.45) is 7.05 Å². The van der Waals surface area contributed by atoms with Gasteiger partial charge in [-0.3, -0.25) is 4.68 Å². The molecule has 0 bridgehead atoms. The maximum atomic E-state index is 9.73. The summed E-state index contributed by atoms with van der Waals surface area (Å²) < 4.78 is 2.69. The van der Waals surface area contributed by atoms with Crippen molar-refractivity contribution in [1.29, 1.82) is 10.5 Å². The number of hydrogen-bond donors (Lipinski definition) is 1. The number of hydrogen-bond acceptors (Lipinski definition) is 6. The first kappa shape index (κ1) is 20.1. The number of nitrogens with zero attached hydrogens (tertiary/aromatic N) is 5. The van der Waals surface area contributed by atoms with Crippen molar-refractivity contribution >= 4 is 50.4 Å². The first-order chi connectivity index (χ1) is 14.2. The number of nitriles is 2. The SMILES string of the molecule is Cl.Cn1cc2cc(-c3cc(C#N)c4nc(C5=CCNCC5)sc4c3)cc(C#N)c2n1. The lowest BCUT2D eigenvalue weighted by molar-refractivity contribution is 0.738. The molecule has 0 aliphatic carbocycles. The molecular formula is C22H17ClN6S. The molecule has 2 aromatic carbocycles. The van der Waals surface area contributed by atoms with E-state index in [1.165, 1.54) is 5.57 Å². The van der Waals surface area contributed by atoms with Gasteiger partial charge in [0.25, 0.3) is 0 Å². The highest BCUT2D eigenvalue weighted by molar-refractivity contribution is 7.19. The third-order valence-electron chi connectivity index (χ3n) is 5.13. The molecule has 6 nitrogen and oxygen atoms in total. The Balaban J connectivity index is 0.00000218. The standard InChI is InChI=1S/C22H16N6S.ClH/c1-28-12-18-8-14(6-16(10-23)20(18)27-28)15-7-17(11-24)21-19(9-15)29-22(26-21)13-2-4-25-5-3-13;/h2,6-9,12,25H,3-5H2,1H3;1H. The van der Waals surface area contributed by atoms with Crippen LogP contribution < -0.4 is 5.32 Å². The summed E-state index contributed by atoms with van der Waals surface area (Å²) in [5, 5.41) is 28.9. The second-order valence-electron chi connectivity index (χ2n) is 7.06. The van der Waals surface area contributed by atoms with Gasteiger partial charge in [-0.2, -0.15) is 15.6 Å². The van der Waals surface area contributed by atoms with Crippen molar-refractivity contribution in [2.75, 3.05) is 13.1 Å². The predicted octanol–water partition coefficient (Wildman–Crippen LogP) is 4.39. The molecule has 8 heteroatoms. The number of benzene rings is 2. The highest BCUT2D eigenvalue weighted by Crippen LogP contribution is 2.35. The molecule has 1 N–H and O–H groups in total. The van der Waals surface area contributed by atoms with Crippen LogP contribution in [0.25, 0.3) is 37.8 Å². The Hall–Kier alpha value is -3.23. The summed E-state index contributed by atoms with van der Waals surface area (Å²) in [6.07, 6.45) is 5.01. The molecule has 0 amide bonds. The quantitative estimate of drug-likeness (QED) is 0.507. The lowest BCUT2D eigenvalue weighted by atomic mass is 9.99. The van der Waals surface area contributed by atoms with Gasteiger partial charge in [-0.15, -0.1) is 23.7 Å². The second kappa shape index (κ2) is 7.89. The van der Waals surface area contributed by atoms with Crippen molar-refractivity contribution in [3.8, 4) is 23.3 Å². The van der Waals surface area contributed by atoms with E-state index in [-0.39, 0.29) is 12.4 Å². The topological polar surface area (TPSA) is 90.3 Å². The minimum Gasteiger partial charge on any atom is -0.313 e. The Labute approximate surface area is 183 Å². The molecule has 5 rings (SSSR count). The molecule has 0 atom stereocenters. The van der Waals surface area contributed by atoms with Crippen LogP contribution in [0, 0.1) is 22.7 Å². The number of thiazole rings is 1. The van der Waals surface area contributed by atoms with E-state index >= 15 is 0 Å². The van der Waals surface area contributed by atoms with Crippen LogP contribution in [0.5, 0.6) is 0 Å². The smallest absolute Gasteiger partial charge is 0.120 e. The van der Waals surface area contributed by atoms with Gasteiger partial charge in [-0.05, 0) is 53.9 Å². The summed E-state index contributed by atoms with van der Waals surface area (Å²) in [7, 11) is 1.84. The molecule has 4 aromatic rings. The van der Waals surface area contributed by atoms with Crippen LogP contribution in [0.1, 0.15) is 22.6 Å². The van der Waals surface area contributed by atoms with Crippen molar-refractivity contribution in [3.63, 3.8) is 0 Å². The third kappa shape index (κ3) is 3.34. The minimum atomic E-state index is 0. The summed E-state index contributed by atoms with van der Waals surface area (Å²) in [5.41, 5.74) is 5.57. The number of aryl methyl sites for hydroxylation is 1. The van der Waals surface area contributed by atoms with Crippen LogP contribution in [-0.2, 0) is 7.05 Å². The van der Waals surface area contributed by atoms with Gasteiger partial charge >= 0.3 is 0 Å². The predicted molar refractivity (Wildman–Crippen MR) is 121 cm³/mol. The molecule has 0 spiro atoms. The fourth-order valence-electron chi connectivity index (χ4n) is 3.74. The zero-order valence-electron chi connectivity index (χ0n) is 16.1. The fraction of sp³-hybridized carbons (Fsp3) is 0.182. The van der Waals surface area contributed by atoms with Gasteiger partial charge in [0.2, 0.25) is 0 Å². The molecule has 0 saturated carbocycles. The highest BCUT2D eigenvalue weighted by Gasteiger charge is 2.16. The fourth-order valence-corrected chi connectivity index (χ4v) is 4.84. The van der Waals surface area contributed by atoms with E-state index in [1.54, 1.807) is 16.0 Å². The van der Waals surface area contributed by atoms with E-state index in [9.17, 15) is 10.5 Å². The molecule has 0 saturated heterocycles. The average Bonchev–Trinajstić information content (AvgIpc) is 3.35. The Kier molecular flexibility index (Phi) is 5.27. The maximum absolute atomic E-state index is 9.73. The number of rotatable bonds is 2. The normalized spacial score (nSPS) is 13.5. The lowest BCUT2D eigenvalue weighted by Gasteiger charge is -2.10. The van der Waals surface area contributed by atoms with E-state index in [4.69, 9.17) is 4.98 Å². The Bertz CT molecular complexity index is 1400. The van der Waals surface area contributed by atoms with Crippen LogP contribution in [0.15, 0.2) is 36.5 Å². The third-order valence-corrected chi connectivity index (χ3v) is 6.21. The van der Waals surface area contributed by atoms with E-state index in [1.807, 2.05) is 31.4 Å². The van der Waals surface area contributed by atoms with Crippen molar-refractivity contribution in [2.45, 2.75) is 6.42 Å². The van der Waals surface area contributed by atoms with Gasteiger partial charge in [0, 0.05) is 25.2 Å². The number of aromatic nitrogens is 3. The van der Waals surface area contributed by atoms with Gasteiger partial charge in [-0.1, -0.05) is 6.08 Å². The van der Waals surface area contributed by atoms with Gasteiger partial charge < -0.3 is 5.32 Å². The molecule has 3 heterocycles. The molecule has 0 unspecified atom stereocenters. The van der Waals surface area contributed by atoms with Gasteiger partial charge in [0.05, 0.1) is 21.3 Å². The Morgan fingerprint density at radius 1 is 1.07 bits per heavy atom. The average molecular weight is 433 g/mol. The van der Waals surface area contributed by atoms with Gasteiger partial charge in [-0.25, -0.2) is 4.98 Å². The van der Waals surface area contributed by atoms with Crippen LogP contribution in [-0.4, -0.2) is 27.9 Å². The van der Waals surface area contributed by atoms with Gasteiger partial charge in [0.15, 0.2) is 0 Å². The van der Waals surface area contributed by atoms with Crippen molar-refractivity contribution in [3.05, 3.63) is 52.7 Å².